The number of hydrogen-bond acceptors (Lipinski definition) is 2. The molecular formula is C18H14FNO. The van der Waals surface area contributed by atoms with Gasteiger partial charge in [0.2, 0.25) is 0 Å². The maximum Gasteiger partial charge on any atom is 0.188 e. The Balaban J connectivity index is 1.93. The van der Waals surface area contributed by atoms with Gasteiger partial charge in [0.1, 0.15) is 5.82 Å². The molecule has 0 aromatic heterocycles. The zero-order chi connectivity index (χ0) is 14.8. The summed E-state index contributed by atoms with van der Waals surface area (Å²) in [6.07, 6.45) is 5.39. The van der Waals surface area contributed by atoms with Crippen LogP contribution >= 0.6 is 0 Å². The van der Waals surface area contributed by atoms with Crippen LogP contribution in [-0.4, -0.2) is 12.8 Å². The van der Waals surface area contributed by atoms with Gasteiger partial charge in [-0.25, -0.2) is 4.39 Å². The predicted molar refractivity (Wildman–Crippen MR) is 82.7 cm³/mol. The minimum atomic E-state index is -0.405. The van der Waals surface area contributed by atoms with E-state index in [4.69, 9.17) is 0 Å². The van der Waals surface area contributed by atoms with Gasteiger partial charge in [-0.3, -0.25) is 4.79 Å². The topological polar surface area (TPSA) is 20.3 Å². The Morgan fingerprint density at radius 1 is 1.10 bits per heavy atom. The number of para-hydroxylation sites is 1. The molecule has 1 aliphatic heterocycles. The van der Waals surface area contributed by atoms with Crippen LogP contribution in [0.1, 0.15) is 15.9 Å². The Bertz CT molecular complexity index is 761. The molecule has 0 saturated heterocycles. The van der Waals surface area contributed by atoms with Crippen LogP contribution in [0, 0.1) is 5.82 Å². The number of fused-ring (bicyclic) bond motifs is 1. The van der Waals surface area contributed by atoms with Crippen LogP contribution in [0.15, 0.2) is 66.4 Å². The quantitative estimate of drug-likeness (QED) is 0.610. The first-order valence-corrected chi connectivity index (χ1v) is 6.67. The summed E-state index contributed by atoms with van der Waals surface area (Å²) >= 11 is 0. The fraction of sp³-hybridized carbons (Fsp3) is 0.0556. The Morgan fingerprint density at radius 2 is 1.90 bits per heavy atom. The average molecular weight is 279 g/mol. The highest BCUT2D eigenvalue weighted by Crippen LogP contribution is 2.29. The number of nitrogens with zero attached hydrogens (tertiary/aromatic N) is 1. The van der Waals surface area contributed by atoms with Gasteiger partial charge < -0.3 is 4.90 Å². The van der Waals surface area contributed by atoms with Crippen molar-refractivity contribution in [2.24, 2.45) is 0 Å². The summed E-state index contributed by atoms with van der Waals surface area (Å²) in [7, 11) is 1.91. The van der Waals surface area contributed by atoms with E-state index in [0.717, 1.165) is 16.9 Å². The largest absolute Gasteiger partial charge is 0.344 e. The van der Waals surface area contributed by atoms with E-state index in [1.54, 1.807) is 6.07 Å². The first-order valence-electron chi connectivity index (χ1n) is 6.67. The minimum Gasteiger partial charge on any atom is -0.344 e. The number of rotatable bonds is 2. The molecule has 2 aromatic rings. The molecule has 3 heteroatoms. The zero-order valence-electron chi connectivity index (χ0n) is 11.6. The summed E-state index contributed by atoms with van der Waals surface area (Å²) in [5, 5.41) is 0. The number of allylic oxidation sites excluding steroid dienone is 2. The molecule has 21 heavy (non-hydrogen) atoms. The van der Waals surface area contributed by atoms with E-state index in [1.807, 2.05) is 48.4 Å². The van der Waals surface area contributed by atoms with Crippen LogP contribution in [0.2, 0.25) is 0 Å². The van der Waals surface area contributed by atoms with Crippen LogP contribution in [0.3, 0.4) is 0 Å². The lowest BCUT2D eigenvalue weighted by molar-refractivity contribution is 0.104. The maximum absolute atomic E-state index is 13.2. The van der Waals surface area contributed by atoms with Gasteiger partial charge >= 0.3 is 0 Å². The Kier molecular flexibility index (Phi) is 3.40. The van der Waals surface area contributed by atoms with Crippen LogP contribution in [0.4, 0.5) is 10.1 Å². The van der Waals surface area contributed by atoms with Crippen molar-refractivity contribution in [1.29, 1.82) is 0 Å². The smallest absolute Gasteiger partial charge is 0.188 e. The fourth-order valence-electron chi connectivity index (χ4n) is 2.36. The highest BCUT2D eigenvalue weighted by molar-refractivity contribution is 6.05. The molecule has 0 spiro atoms. The third kappa shape index (κ3) is 2.63. The van der Waals surface area contributed by atoms with Crippen molar-refractivity contribution in [3.05, 3.63) is 83.3 Å². The molecule has 104 valence electrons. The monoisotopic (exact) mass is 279 g/mol. The first kappa shape index (κ1) is 13.3. The molecule has 0 fully saturated rings. The first-order chi connectivity index (χ1) is 10.1. The fourth-order valence-corrected chi connectivity index (χ4v) is 2.36. The molecule has 0 amide bonds. The molecule has 2 nitrogen and oxygen atoms in total. The van der Waals surface area contributed by atoms with Crippen molar-refractivity contribution in [3.8, 4) is 0 Å². The lowest BCUT2D eigenvalue weighted by atomic mass is 10.0. The summed E-state index contributed by atoms with van der Waals surface area (Å²) in [6.45, 7) is 0. The van der Waals surface area contributed by atoms with Gasteiger partial charge in [0.25, 0.3) is 0 Å². The highest BCUT2D eigenvalue weighted by atomic mass is 19.1. The minimum absolute atomic E-state index is 0.208. The molecule has 0 aliphatic carbocycles. The molecule has 2 aromatic carbocycles. The molecule has 0 radical (unpaired) electrons. The van der Waals surface area contributed by atoms with E-state index >= 15 is 0 Å². The summed E-state index contributed by atoms with van der Waals surface area (Å²) in [6, 6.07) is 13.7. The molecule has 0 bridgehead atoms. The predicted octanol–water partition coefficient (Wildman–Crippen LogP) is 4.06. The van der Waals surface area contributed by atoms with Crippen LogP contribution in [0.25, 0.3) is 6.08 Å². The van der Waals surface area contributed by atoms with Crippen molar-refractivity contribution in [2.75, 3.05) is 11.9 Å². The SMILES string of the molecule is CN1/C(=C/C(=O)c2cccc(F)c2)C=Cc2ccccc21. The van der Waals surface area contributed by atoms with E-state index in [1.165, 1.54) is 24.3 Å². The third-order valence-corrected chi connectivity index (χ3v) is 3.51. The van der Waals surface area contributed by atoms with Gasteiger partial charge in [0.15, 0.2) is 5.78 Å². The van der Waals surface area contributed by atoms with Gasteiger partial charge in [-0.2, -0.15) is 0 Å². The number of carbonyl (C=O) groups excluding carboxylic acids is 1. The van der Waals surface area contributed by atoms with Crippen LogP contribution in [0.5, 0.6) is 0 Å². The van der Waals surface area contributed by atoms with Crippen molar-refractivity contribution < 1.29 is 9.18 Å². The number of carbonyl (C=O) groups is 1. The second-order valence-corrected chi connectivity index (χ2v) is 4.89. The van der Waals surface area contributed by atoms with E-state index in [9.17, 15) is 9.18 Å². The number of likely N-dealkylation sites (N-methyl/N-ethyl adjacent to an activating group) is 1. The summed E-state index contributed by atoms with van der Waals surface area (Å²) < 4.78 is 13.2. The molecule has 1 heterocycles. The molecule has 0 N–H and O–H groups in total. The summed E-state index contributed by atoms with van der Waals surface area (Å²) in [4.78, 5) is 14.2. The Hall–Kier alpha value is -2.68. The second kappa shape index (κ2) is 5.37. The maximum atomic E-state index is 13.2. The van der Waals surface area contributed by atoms with Crippen LogP contribution < -0.4 is 4.90 Å². The molecule has 3 rings (SSSR count). The Morgan fingerprint density at radius 3 is 2.71 bits per heavy atom. The summed E-state index contributed by atoms with van der Waals surface area (Å²) in [5.74, 6) is -0.613. The number of hydrogen-bond donors (Lipinski definition) is 0. The van der Waals surface area contributed by atoms with Crippen LogP contribution in [-0.2, 0) is 0 Å². The molecule has 0 atom stereocenters. The normalized spacial score (nSPS) is 15.1. The summed E-state index contributed by atoms with van der Waals surface area (Å²) in [5.41, 5.74) is 3.28. The average Bonchev–Trinajstić information content (AvgIpc) is 2.50. The lowest BCUT2D eigenvalue weighted by Gasteiger charge is -2.26. The van der Waals surface area contributed by atoms with Gasteiger partial charge in [-0.05, 0) is 29.8 Å². The lowest BCUT2D eigenvalue weighted by Crippen LogP contribution is -2.19. The molecule has 1 aliphatic rings. The van der Waals surface area contributed by atoms with Gasteiger partial charge in [0.05, 0.1) is 0 Å². The highest BCUT2D eigenvalue weighted by Gasteiger charge is 2.14. The standard InChI is InChI=1S/C18H14FNO/c1-20-16(10-9-13-5-2-3-8-17(13)20)12-18(21)14-6-4-7-15(19)11-14/h2-12H,1H3/b16-12+. The number of anilines is 1. The second-order valence-electron chi connectivity index (χ2n) is 4.89. The van der Waals surface area contributed by atoms with E-state index in [-0.39, 0.29) is 5.78 Å². The van der Waals surface area contributed by atoms with E-state index in [0.29, 0.717) is 5.56 Å². The number of halogens is 1. The van der Waals surface area contributed by atoms with Crippen molar-refractivity contribution in [1.82, 2.24) is 0 Å². The zero-order valence-corrected chi connectivity index (χ0v) is 11.6. The van der Waals surface area contributed by atoms with E-state index in [2.05, 4.69) is 0 Å². The van der Waals surface area contributed by atoms with Gasteiger partial charge in [-0.15, -0.1) is 0 Å². The van der Waals surface area contributed by atoms with Crippen molar-refractivity contribution in [3.63, 3.8) is 0 Å². The number of benzene rings is 2. The van der Waals surface area contributed by atoms with E-state index < -0.39 is 5.82 Å². The number of ketones is 1. The molecule has 0 unspecified atom stereocenters. The van der Waals surface area contributed by atoms with Gasteiger partial charge in [-0.1, -0.05) is 36.4 Å². The van der Waals surface area contributed by atoms with Crippen molar-refractivity contribution in [2.45, 2.75) is 0 Å². The molecular weight excluding hydrogens is 265 g/mol. The third-order valence-electron chi connectivity index (χ3n) is 3.51. The van der Waals surface area contributed by atoms with Gasteiger partial charge in [0, 0.05) is 30.1 Å². The Labute approximate surface area is 122 Å². The van der Waals surface area contributed by atoms with Crippen molar-refractivity contribution >= 4 is 17.5 Å². The molecule has 0 saturated carbocycles.